The van der Waals surface area contributed by atoms with Crippen LogP contribution >= 0.6 is 0 Å². The smallest absolute Gasteiger partial charge is 0.356 e. The summed E-state index contributed by atoms with van der Waals surface area (Å²) in [4.78, 5) is 15.3. The van der Waals surface area contributed by atoms with Crippen LogP contribution in [0.1, 0.15) is 23.3 Å². The molecule has 0 aromatic carbocycles. The van der Waals surface area contributed by atoms with E-state index in [1.54, 1.807) is 12.3 Å². The molecule has 1 fully saturated rings. The highest BCUT2D eigenvalue weighted by Gasteiger charge is 2.12. The number of carbonyl (C=O) groups is 1. The Kier molecular flexibility index (Phi) is 5.76. The number of rotatable bonds is 6. The zero-order valence-electron chi connectivity index (χ0n) is 11.7. The predicted molar refractivity (Wildman–Crippen MR) is 75.9 cm³/mol. The molecule has 6 nitrogen and oxygen atoms in total. The summed E-state index contributed by atoms with van der Waals surface area (Å²) in [5.74, 6) is -0.431. The molecule has 0 radical (unpaired) electrons. The average Bonchev–Trinajstić information content (AvgIpc) is 2.52. The van der Waals surface area contributed by atoms with Crippen molar-refractivity contribution in [3.8, 4) is 0 Å². The number of carbonyl (C=O) groups excluding carboxylic acids is 1. The second-order valence-corrected chi connectivity index (χ2v) is 4.67. The third-order valence-electron chi connectivity index (χ3n) is 3.23. The Morgan fingerprint density at radius 2 is 2.30 bits per heavy atom. The topological polar surface area (TPSA) is 72.5 Å². The molecule has 0 spiro atoms. The number of methoxy groups -OCH3 is 1. The Labute approximate surface area is 118 Å². The van der Waals surface area contributed by atoms with Crippen molar-refractivity contribution in [2.75, 3.05) is 38.7 Å². The van der Waals surface area contributed by atoms with Gasteiger partial charge in [-0.1, -0.05) is 0 Å². The Bertz CT molecular complexity index is 433. The van der Waals surface area contributed by atoms with E-state index in [0.29, 0.717) is 24.9 Å². The summed E-state index contributed by atoms with van der Waals surface area (Å²) in [6, 6.07) is 3.49. The molecule has 2 heterocycles. The van der Waals surface area contributed by atoms with Crippen LogP contribution in [-0.4, -0.2) is 50.4 Å². The molecular formula is C14H21N3O3. The van der Waals surface area contributed by atoms with E-state index in [0.717, 1.165) is 31.6 Å². The summed E-state index contributed by atoms with van der Waals surface area (Å²) in [6.45, 7) is 3.42. The average molecular weight is 279 g/mol. The molecule has 1 aliphatic rings. The summed E-state index contributed by atoms with van der Waals surface area (Å²) >= 11 is 0. The van der Waals surface area contributed by atoms with Crippen LogP contribution in [-0.2, 0) is 9.47 Å². The molecule has 20 heavy (non-hydrogen) atoms. The number of nitrogens with one attached hydrogen (secondary N) is 2. The largest absolute Gasteiger partial charge is 0.464 e. The van der Waals surface area contributed by atoms with Crippen molar-refractivity contribution in [2.24, 2.45) is 0 Å². The maximum atomic E-state index is 11.4. The second-order valence-electron chi connectivity index (χ2n) is 4.67. The standard InChI is InChI=1S/C14H21N3O3/c1-19-14(18)13-10-11(2-7-17-13)16-8-9-20-12-3-5-15-6-4-12/h2,7,10,12,15H,3-6,8-9H2,1H3,(H,16,17). The van der Waals surface area contributed by atoms with Crippen molar-refractivity contribution >= 4 is 11.7 Å². The molecule has 110 valence electrons. The quantitative estimate of drug-likeness (QED) is 0.599. The van der Waals surface area contributed by atoms with Gasteiger partial charge in [0.15, 0.2) is 0 Å². The summed E-state index contributed by atoms with van der Waals surface area (Å²) in [6.07, 6.45) is 4.09. The van der Waals surface area contributed by atoms with Crippen molar-refractivity contribution in [1.82, 2.24) is 10.3 Å². The minimum Gasteiger partial charge on any atom is -0.464 e. The van der Waals surface area contributed by atoms with Gasteiger partial charge in [-0.3, -0.25) is 0 Å². The molecule has 0 atom stereocenters. The first-order valence-corrected chi connectivity index (χ1v) is 6.90. The van der Waals surface area contributed by atoms with Crippen molar-refractivity contribution in [3.63, 3.8) is 0 Å². The summed E-state index contributed by atoms with van der Waals surface area (Å²) in [5, 5.41) is 6.52. The van der Waals surface area contributed by atoms with Gasteiger partial charge in [0, 0.05) is 18.4 Å². The number of aromatic nitrogens is 1. The summed E-state index contributed by atoms with van der Waals surface area (Å²) in [7, 11) is 1.34. The van der Waals surface area contributed by atoms with Gasteiger partial charge in [-0.05, 0) is 38.1 Å². The summed E-state index contributed by atoms with van der Waals surface area (Å²) < 4.78 is 10.4. The number of hydrogen-bond acceptors (Lipinski definition) is 6. The predicted octanol–water partition coefficient (Wildman–Crippen LogP) is 1.05. The van der Waals surface area contributed by atoms with Gasteiger partial charge in [0.25, 0.3) is 0 Å². The van der Waals surface area contributed by atoms with Crippen LogP contribution in [0, 0.1) is 0 Å². The molecule has 1 aromatic heterocycles. The Hall–Kier alpha value is -1.66. The van der Waals surface area contributed by atoms with E-state index in [2.05, 4.69) is 20.4 Å². The van der Waals surface area contributed by atoms with Gasteiger partial charge < -0.3 is 20.1 Å². The molecule has 2 rings (SSSR count). The second kappa shape index (κ2) is 7.81. The highest BCUT2D eigenvalue weighted by molar-refractivity contribution is 5.88. The van der Waals surface area contributed by atoms with Crippen molar-refractivity contribution in [1.29, 1.82) is 0 Å². The normalized spacial score (nSPS) is 15.8. The minimum absolute atomic E-state index is 0.303. The van der Waals surface area contributed by atoms with E-state index in [1.165, 1.54) is 7.11 Å². The first-order valence-electron chi connectivity index (χ1n) is 6.90. The van der Waals surface area contributed by atoms with Gasteiger partial charge in [-0.25, -0.2) is 9.78 Å². The molecule has 1 aromatic rings. The number of ether oxygens (including phenoxy) is 2. The number of pyridine rings is 1. The molecule has 0 bridgehead atoms. The fourth-order valence-corrected chi connectivity index (χ4v) is 2.14. The number of anilines is 1. The number of piperidine rings is 1. The molecule has 0 saturated carbocycles. The first-order chi connectivity index (χ1) is 9.79. The maximum Gasteiger partial charge on any atom is 0.356 e. The molecule has 1 saturated heterocycles. The third-order valence-corrected chi connectivity index (χ3v) is 3.23. The van der Waals surface area contributed by atoms with E-state index in [9.17, 15) is 4.79 Å². The van der Waals surface area contributed by atoms with Crippen LogP contribution in [0.2, 0.25) is 0 Å². The molecule has 6 heteroatoms. The van der Waals surface area contributed by atoms with Gasteiger partial charge in [0.1, 0.15) is 5.69 Å². The minimum atomic E-state index is -0.431. The molecule has 1 aliphatic heterocycles. The third kappa shape index (κ3) is 4.47. The van der Waals surface area contributed by atoms with E-state index >= 15 is 0 Å². The molecule has 0 aliphatic carbocycles. The molecule has 2 N–H and O–H groups in total. The van der Waals surface area contributed by atoms with Crippen LogP contribution in [0.4, 0.5) is 5.69 Å². The van der Waals surface area contributed by atoms with Crippen molar-refractivity contribution in [3.05, 3.63) is 24.0 Å². The molecule has 0 unspecified atom stereocenters. The van der Waals surface area contributed by atoms with Gasteiger partial charge in [-0.2, -0.15) is 0 Å². The van der Waals surface area contributed by atoms with Crippen molar-refractivity contribution in [2.45, 2.75) is 18.9 Å². The van der Waals surface area contributed by atoms with Crippen LogP contribution in [0.5, 0.6) is 0 Å². The van der Waals surface area contributed by atoms with Gasteiger partial charge in [0.2, 0.25) is 0 Å². The van der Waals surface area contributed by atoms with Gasteiger partial charge >= 0.3 is 5.97 Å². The SMILES string of the molecule is COC(=O)c1cc(NCCOC2CCNCC2)ccn1. The van der Waals surface area contributed by atoms with E-state index in [1.807, 2.05) is 6.07 Å². The maximum absolute atomic E-state index is 11.4. The lowest BCUT2D eigenvalue weighted by molar-refractivity contribution is 0.0394. The van der Waals surface area contributed by atoms with Gasteiger partial charge in [-0.15, -0.1) is 0 Å². The Balaban J connectivity index is 1.72. The lowest BCUT2D eigenvalue weighted by Gasteiger charge is -2.23. The number of esters is 1. The zero-order chi connectivity index (χ0) is 14.2. The first kappa shape index (κ1) is 14.7. The van der Waals surface area contributed by atoms with Crippen LogP contribution in [0.15, 0.2) is 18.3 Å². The van der Waals surface area contributed by atoms with Crippen LogP contribution in [0.3, 0.4) is 0 Å². The van der Waals surface area contributed by atoms with E-state index < -0.39 is 5.97 Å². The Morgan fingerprint density at radius 3 is 3.05 bits per heavy atom. The van der Waals surface area contributed by atoms with Crippen molar-refractivity contribution < 1.29 is 14.3 Å². The Morgan fingerprint density at radius 1 is 1.50 bits per heavy atom. The number of nitrogens with zero attached hydrogens (tertiary/aromatic N) is 1. The lowest BCUT2D eigenvalue weighted by Crippen LogP contribution is -2.33. The van der Waals surface area contributed by atoms with Crippen LogP contribution in [0.25, 0.3) is 0 Å². The fourth-order valence-electron chi connectivity index (χ4n) is 2.14. The van der Waals surface area contributed by atoms with Gasteiger partial charge in [0.05, 0.1) is 19.8 Å². The van der Waals surface area contributed by atoms with Crippen LogP contribution < -0.4 is 10.6 Å². The highest BCUT2D eigenvalue weighted by atomic mass is 16.5. The fraction of sp³-hybridized carbons (Fsp3) is 0.571. The monoisotopic (exact) mass is 279 g/mol. The molecular weight excluding hydrogens is 258 g/mol. The number of hydrogen-bond donors (Lipinski definition) is 2. The lowest BCUT2D eigenvalue weighted by atomic mass is 10.1. The molecule has 0 amide bonds. The summed E-state index contributed by atoms with van der Waals surface area (Å²) in [5.41, 5.74) is 1.14. The van der Waals surface area contributed by atoms with E-state index in [-0.39, 0.29) is 0 Å². The van der Waals surface area contributed by atoms with E-state index in [4.69, 9.17) is 4.74 Å². The highest BCUT2D eigenvalue weighted by Crippen LogP contribution is 2.09. The zero-order valence-corrected chi connectivity index (χ0v) is 11.7.